The van der Waals surface area contributed by atoms with Crippen molar-refractivity contribution in [1.29, 1.82) is 0 Å². The predicted octanol–water partition coefficient (Wildman–Crippen LogP) is 4.23. The summed E-state index contributed by atoms with van der Waals surface area (Å²) in [6.07, 6.45) is 2.05. The van der Waals surface area contributed by atoms with Crippen LogP contribution in [0.1, 0.15) is 18.4 Å². The lowest BCUT2D eigenvalue weighted by atomic mass is 10.0. The summed E-state index contributed by atoms with van der Waals surface area (Å²) in [5, 5.41) is 1.88. The molecule has 2 heterocycles. The first-order valence-corrected chi connectivity index (χ1v) is 10.2. The van der Waals surface area contributed by atoms with Gasteiger partial charge in [-0.05, 0) is 42.0 Å². The molecule has 3 aromatic rings. The number of methoxy groups -OCH3 is 1. The molecule has 0 bridgehead atoms. The smallest absolute Gasteiger partial charge is 0.282 e. The SMILES string of the molecule is COc1ccc(C2=C(N3CCCC3)C(=O)N(c3cccc4ccccc34)C2=O)cc1. The van der Waals surface area contributed by atoms with E-state index in [-0.39, 0.29) is 11.8 Å². The fourth-order valence-corrected chi connectivity index (χ4v) is 4.39. The molecule has 2 amide bonds. The maximum atomic E-state index is 13.7. The normalized spacial score (nSPS) is 16.8. The molecule has 2 aliphatic heterocycles. The summed E-state index contributed by atoms with van der Waals surface area (Å²) in [6.45, 7) is 1.58. The summed E-state index contributed by atoms with van der Waals surface area (Å²) in [5.41, 5.74) is 2.34. The van der Waals surface area contributed by atoms with Gasteiger partial charge in [-0.2, -0.15) is 0 Å². The minimum Gasteiger partial charge on any atom is -0.497 e. The summed E-state index contributed by atoms with van der Waals surface area (Å²) < 4.78 is 5.26. The summed E-state index contributed by atoms with van der Waals surface area (Å²) in [7, 11) is 1.61. The van der Waals surface area contributed by atoms with E-state index in [2.05, 4.69) is 4.90 Å². The van der Waals surface area contributed by atoms with Crippen LogP contribution in [0.2, 0.25) is 0 Å². The van der Waals surface area contributed by atoms with E-state index in [4.69, 9.17) is 4.74 Å². The molecule has 0 aliphatic carbocycles. The van der Waals surface area contributed by atoms with E-state index in [1.54, 1.807) is 7.11 Å². The molecule has 30 heavy (non-hydrogen) atoms. The fourth-order valence-electron chi connectivity index (χ4n) is 4.39. The van der Waals surface area contributed by atoms with E-state index in [1.165, 1.54) is 4.90 Å². The van der Waals surface area contributed by atoms with E-state index >= 15 is 0 Å². The lowest BCUT2D eigenvalue weighted by molar-refractivity contribution is -0.120. The second-order valence-electron chi connectivity index (χ2n) is 7.59. The summed E-state index contributed by atoms with van der Waals surface area (Å²) in [5.74, 6) is 0.192. The van der Waals surface area contributed by atoms with Crippen LogP contribution in [0, 0.1) is 0 Å². The Labute approximate surface area is 175 Å². The van der Waals surface area contributed by atoms with E-state index < -0.39 is 0 Å². The van der Waals surface area contributed by atoms with Gasteiger partial charge in [-0.1, -0.05) is 48.5 Å². The number of hydrogen-bond acceptors (Lipinski definition) is 4. The molecule has 2 aliphatic rings. The molecule has 1 saturated heterocycles. The first-order valence-electron chi connectivity index (χ1n) is 10.2. The molecule has 0 aromatic heterocycles. The number of imide groups is 1. The zero-order valence-electron chi connectivity index (χ0n) is 16.8. The quantitative estimate of drug-likeness (QED) is 0.617. The van der Waals surface area contributed by atoms with Gasteiger partial charge in [0, 0.05) is 18.5 Å². The average molecular weight is 398 g/mol. The highest BCUT2D eigenvalue weighted by Crippen LogP contribution is 2.38. The van der Waals surface area contributed by atoms with E-state index in [0.29, 0.717) is 22.7 Å². The van der Waals surface area contributed by atoms with Gasteiger partial charge in [0.1, 0.15) is 11.4 Å². The summed E-state index contributed by atoms with van der Waals surface area (Å²) in [4.78, 5) is 30.7. The van der Waals surface area contributed by atoms with Crippen LogP contribution in [0.5, 0.6) is 5.75 Å². The van der Waals surface area contributed by atoms with Crippen LogP contribution in [-0.2, 0) is 9.59 Å². The van der Waals surface area contributed by atoms with E-state index in [0.717, 1.165) is 42.3 Å². The number of amides is 2. The molecule has 5 heteroatoms. The zero-order valence-corrected chi connectivity index (χ0v) is 16.8. The van der Waals surface area contributed by atoms with Gasteiger partial charge in [-0.3, -0.25) is 9.59 Å². The van der Waals surface area contributed by atoms with Gasteiger partial charge in [-0.15, -0.1) is 0 Å². The lowest BCUT2D eigenvalue weighted by Gasteiger charge is -2.21. The van der Waals surface area contributed by atoms with Crippen LogP contribution >= 0.6 is 0 Å². The van der Waals surface area contributed by atoms with Gasteiger partial charge < -0.3 is 9.64 Å². The Morgan fingerprint density at radius 3 is 2.23 bits per heavy atom. The van der Waals surface area contributed by atoms with Crippen LogP contribution in [0.25, 0.3) is 16.3 Å². The molecule has 150 valence electrons. The minimum absolute atomic E-state index is 0.246. The number of anilines is 1. The number of likely N-dealkylation sites (tertiary alicyclic amines) is 1. The van der Waals surface area contributed by atoms with Crippen LogP contribution in [-0.4, -0.2) is 36.9 Å². The van der Waals surface area contributed by atoms with Crippen molar-refractivity contribution in [2.24, 2.45) is 0 Å². The average Bonchev–Trinajstić information content (AvgIpc) is 3.40. The number of carbonyl (C=O) groups is 2. The Morgan fingerprint density at radius 2 is 1.50 bits per heavy atom. The first-order chi connectivity index (χ1) is 14.7. The highest BCUT2D eigenvalue weighted by molar-refractivity contribution is 6.46. The Bertz CT molecular complexity index is 1170. The molecule has 5 rings (SSSR count). The first kappa shape index (κ1) is 18.4. The number of fused-ring (bicyclic) bond motifs is 1. The zero-order chi connectivity index (χ0) is 20.7. The number of ether oxygens (including phenoxy) is 1. The number of hydrogen-bond donors (Lipinski definition) is 0. The Hall–Kier alpha value is -3.60. The van der Waals surface area contributed by atoms with Crippen molar-refractivity contribution in [3.05, 3.63) is 78.0 Å². The molecule has 5 nitrogen and oxygen atoms in total. The largest absolute Gasteiger partial charge is 0.497 e. The van der Waals surface area contributed by atoms with Gasteiger partial charge >= 0.3 is 0 Å². The van der Waals surface area contributed by atoms with Crippen LogP contribution in [0.3, 0.4) is 0 Å². The molecule has 0 saturated carbocycles. The monoisotopic (exact) mass is 398 g/mol. The van der Waals surface area contributed by atoms with Crippen molar-refractivity contribution in [3.8, 4) is 5.75 Å². The van der Waals surface area contributed by atoms with Crippen molar-refractivity contribution in [2.45, 2.75) is 12.8 Å². The molecular formula is C25H22N2O3. The van der Waals surface area contributed by atoms with Crippen LogP contribution in [0.15, 0.2) is 72.4 Å². The highest BCUT2D eigenvalue weighted by Gasteiger charge is 2.43. The lowest BCUT2D eigenvalue weighted by Crippen LogP contribution is -2.34. The molecule has 0 atom stereocenters. The van der Waals surface area contributed by atoms with Crippen molar-refractivity contribution in [3.63, 3.8) is 0 Å². The van der Waals surface area contributed by atoms with Crippen LogP contribution in [0.4, 0.5) is 5.69 Å². The van der Waals surface area contributed by atoms with Crippen molar-refractivity contribution in [1.82, 2.24) is 4.90 Å². The van der Waals surface area contributed by atoms with Crippen molar-refractivity contribution >= 4 is 33.8 Å². The molecule has 3 aromatic carbocycles. The Morgan fingerprint density at radius 1 is 0.800 bits per heavy atom. The molecule has 1 fully saturated rings. The van der Waals surface area contributed by atoms with Gasteiger partial charge in [0.05, 0.1) is 18.4 Å². The van der Waals surface area contributed by atoms with Crippen LogP contribution < -0.4 is 9.64 Å². The second-order valence-corrected chi connectivity index (χ2v) is 7.59. The third-order valence-corrected chi connectivity index (χ3v) is 5.87. The van der Waals surface area contributed by atoms with Gasteiger partial charge in [0.25, 0.3) is 11.8 Å². The standard InChI is InChI=1S/C25H22N2O3/c1-30-19-13-11-18(12-14-19)22-23(26-15-4-5-16-26)25(29)27(24(22)28)21-10-6-8-17-7-2-3-9-20(17)21/h2-3,6-14H,4-5,15-16H2,1H3. The van der Waals surface area contributed by atoms with Crippen molar-refractivity contribution < 1.29 is 14.3 Å². The van der Waals surface area contributed by atoms with Gasteiger partial charge in [-0.25, -0.2) is 4.90 Å². The third kappa shape index (κ3) is 2.86. The second kappa shape index (κ2) is 7.34. The maximum Gasteiger partial charge on any atom is 0.282 e. The number of carbonyl (C=O) groups excluding carboxylic acids is 2. The molecule has 0 unspecified atom stereocenters. The third-order valence-electron chi connectivity index (χ3n) is 5.87. The van der Waals surface area contributed by atoms with Crippen molar-refractivity contribution in [2.75, 3.05) is 25.1 Å². The minimum atomic E-state index is -0.275. The van der Waals surface area contributed by atoms with E-state index in [9.17, 15) is 9.59 Å². The molecule has 0 radical (unpaired) electrons. The molecule has 0 spiro atoms. The number of rotatable bonds is 4. The predicted molar refractivity (Wildman–Crippen MR) is 117 cm³/mol. The van der Waals surface area contributed by atoms with E-state index in [1.807, 2.05) is 66.7 Å². The topological polar surface area (TPSA) is 49.9 Å². The van der Waals surface area contributed by atoms with Gasteiger partial charge in [0.15, 0.2) is 0 Å². The number of benzene rings is 3. The Kier molecular flexibility index (Phi) is 4.51. The molecular weight excluding hydrogens is 376 g/mol. The van der Waals surface area contributed by atoms with Gasteiger partial charge in [0.2, 0.25) is 0 Å². The molecule has 0 N–H and O–H groups in total. The summed E-state index contributed by atoms with van der Waals surface area (Å²) >= 11 is 0. The number of nitrogens with zero attached hydrogens (tertiary/aromatic N) is 2. The summed E-state index contributed by atoms with van der Waals surface area (Å²) in [6, 6.07) is 20.9. The Balaban J connectivity index is 1.66. The maximum absolute atomic E-state index is 13.7. The highest BCUT2D eigenvalue weighted by atomic mass is 16.5. The fraction of sp³-hybridized carbons (Fsp3) is 0.200.